The molecule has 162 valence electrons. The summed E-state index contributed by atoms with van der Waals surface area (Å²) in [7, 11) is -0.970. The summed E-state index contributed by atoms with van der Waals surface area (Å²) < 4.78 is 37.4. The molecule has 0 aliphatic carbocycles. The van der Waals surface area contributed by atoms with Crippen LogP contribution in [-0.2, 0) is 19.6 Å². The van der Waals surface area contributed by atoms with Crippen LogP contribution in [0.1, 0.15) is 36.0 Å². The van der Waals surface area contributed by atoms with Crippen LogP contribution < -0.4 is 14.8 Å². The molecule has 1 amide bonds. The first-order valence-corrected chi connectivity index (χ1v) is 11.0. The smallest absolute Gasteiger partial charge is 0.305 e. The highest BCUT2D eigenvalue weighted by Gasteiger charge is 2.16. The SMILES string of the molecule is COC(=O)CCCCCNC(=O)c1cccc(S(=O)(=O)Nc2ccc(OC)cc2)c1. The standard InChI is InChI=1S/C21H26N2O6S/c1-28-18-12-10-17(11-13-18)23-30(26,27)19-8-6-7-16(15-19)21(25)22-14-5-3-4-9-20(24)29-2/h6-8,10-13,15,23H,3-5,9,14H2,1-2H3,(H,22,25). The molecular weight excluding hydrogens is 408 g/mol. The number of amides is 1. The van der Waals surface area contributed by atoms with Crippen LogP contribution in [0.2, 0.25) is 0 Å². The number of rotatable bonds is 11. The van der Waals surface area contributed by atoms with Crippen LogP contribution in [0.4, 0.5) is 5.69 Å². The summed E-state index contributed by atoms with van der Waals surface area (Å²) in [6, 6.07) is 12.3. The van der Waals surface area contributed by atoms with E-state index >= 15 is 0 Å². The van der Waals surface area contributed by atoms with E-state index in [0.717, 1.165) is 6.42 Å². The van der Waals surface area contributed by atoms with Gasteiger partial charge in [0.05, 0.1) is 19.1 Å². The number of sulfonamides is 1. The molecule has 0 spiro atoms. The fourth-order valence-corrected chi connectivity index (χ4v) is 3.76. The number of carbonyl (C=O) groups excluding carboxylic acids is 2. The second kappa shape index (κ2) is 11.2. The van der Waals surface area contributed by atoms with Crippen molar-refractivity contribution in [1.82, 2.24) is 5.32 Å². The van der Waals surface area contributed by atoms with Gasteiger partial charge in [0.15, 0.2) is 0 Å². The summed E-state index contributed by atoms with van der Waals surface area (Å²) in [4.78, 5) is 23.4. The van der Waals surface area contributed by atoms with Crippen molar-refractivity contribution in [3.05, 3.63) is 54.1 Å². The average Bonchev–Trinajstić information content (AvgIpc) is 2.76. The lowest BCUT2D eigenvalue weighted by Gasteiger charge is -2.10. The molecule has 0 saturated carbocycles. The molecule has 0 bridgehead atoms. The van der Waals surface area contributed by atoms with Crippen LogP contribution in [0.5, 0.6) is 5.75 Å². The van der Waals surface area contributed by atoms with Gasteiger partial charge in [-0.15, -0.1) is 0 Å². The van der Waals surface area contributed by atoms with E-state index in [1.54, 1.807) is 30.3 Å². The molecule has 0 aromatic heterocycles. The van der Waals surface area contributed by atoms with Crippen molar-refractivity contribution >= 4 is 27.6 Å². The minimum Gasteiger partial charge on any atom is -0.497 e. The predicted octanol–water partition coefficient (Wildman–Crippen LogP) is 2.96. The molecule has 2 aromatic rings. The number of methoxy groups -OCH3 is 2. The Balaban J connectivity index is 1.92. The lowest BCUT2D eigenvalue weighted by molar-refractivity contribution is -0.140. The second-order valence-corrected chi connectivity index (χ2v) is 8.19. The van der Waals surface area contributed by atoms with Gasteiger partial charge < -0.3 is 14.8 Å². The molecule has 2 N–H and O–H groups in total. The third-order valence-electron chi connectivity index (χ3n) is 4.32. The van der Waals surface area contributed by atoms with E-state index in [4.69, 9.17) is 4.74 Å². The number of hydrogen-bond donors (Lipinski definition) is 2. The predicted molar refractivity (Wildman–Crippen MR) is 113 cm³/mol. The number of esters is 1. The molecule has 2 aromatic carbocycles. The number of unbranched alkanes of at least 4 members (excludes halogenated alkanes) is 2. The lowest BCUT2D eigenvalue weighted by atomic mass is 10.2. The third kappa shape index (κ3) is 7.07. The Morgan fingerprint density at radius 3 is 2.37 bits per heavy atom. The van der Waals surface area contributed by atoms with E-state index in [9.17, 15) is 18.0 Å². The van der Waals surface area contributed by atoms with E-state index in [0.29, 0.717) is 37.2 Å². The molecule has 0 aliphatic heterocycles. The molecule has 8 nitrogen and oxygen atoms in total. The van der Waals surface area contributed by atoms with E-state index in [1.165, 1.54) is 32.4 Å². The summed E-state index contributed by atoms with van der Waals surface area (Å²) in [6.45, 7) is 0.432. The molecule has 0 fully saturated rings. The van der Waals surface area contributed by atoms with Crippen LogP contribution in [-0.4, -0.2) is 41.1 Å². The molecule has 0 aliphatic rings. The van der Waals surface area contributed by atoms with Gasteiger partial charge in [-0.3, -0.25) is 14.3 Å². The van der Waals surface area contributed by atoms with Gasteiger partial charge in [0.25, 0.3) is 15.9 Å². The van der Waals surface area contributed by atoms with E-state index in [2.05, 4.69) is 14.8 Å². The van der Waals surface area contributed by atoms with Crippen molar-refractivity contribution < 1.29 is 27.5 Å². The lowest BCUT2D eigenvalue weighted by Crippen LogP contribution is -2.25. The van der Waals surface area contributed by atoms with E-state index in [1.807, 2.05) is 0 Å². The molecular formula is C21H26N2O6S. The number of nitrogens with one attached hydrogen (secondary N) is 2. The van der Waals surface area contributed by atoms with Gasteiger partial charge >= 0.3 is 5.97 Å². The molecule has 9 heteroatoms. The first-order chi connectivity index (χ1) is 14.4. The largest absolute Gasteiger partial charge is 0.497 e. The Morgan fingerprint density at radius 2 is 1.70 bits per heavy atom. The molecule has 0 saturated heterocycles. The molecule has 0 unspecified atom stereocenters. The zero-order valence-electron chi connectivity index (χ0n) is 17.0. The number of carbonyl (C=O) groups is 2. The van der Waals surface area contributed by atoms with Crippen molar-refractivity contribution in [2.24, 2.45) is 0 Å². The third-order valence-corrected chi connectivity index (χ3v) is 5.70. The normalized spacial score (nSPS) is 10.9. The first-order valence-electron chi connectivity index (χ1n) is 9.47. The van der Waals surface area contributed by atoms with Gasteiger partial charge in [0.1, 0.15) is 5.75 Å². The van der Waals surface area contributed by atoms with Crippen LogP contribution >= 0.6 is 0 Å². The van der Waals surface area contributed by atoms with Gasteiger partial charge in [-0.25, -0.2) is 8.42 Å². The highest BCUT2D eigenvalue weighted by atomic mass is 32.2. The quantitative estimate of drug-likeness (QED) is 0.416. The molecule has 0 atom stereocenters. The van der Waals surface area contributed by atoms with Crippen molar-refractivity contribution in [2.45, 2.75) is 30.6 Å². The molecule has 0 heterocycles. The molecule has 30 heavy (non-hydrogen) atoms. The van der Waals surface area contributed by atoms with Gasteiger partial charge in [-0.1, -0.05) is 12.5 Å². The second-order valence-electron chi connectivity index (χ2n) is 6.50. The highest BCUT2D eigenvalue weighted by Crippen LogP contribution is 2.20. The van der Waals surface area contributed by atoms with E-state index < -0.39 is 10.0 Å². The Labute approximate surface area is 176 Å². The van der Waals surface area contributed by atoms with Crippen molar-refractivity contribution in [3.8, 4) is 5.75 Å². The Kier molecular flexibility index (Phi) is 8.67. The minimum atomic E-state index is -3.85. The monoisotopic (exact) mass is 434 g/mol. The summed E-state index contributed by atoms with van der Waals surface area (Å²) in [5.41, 5.74) is 0.639. The van der Waals surface area contributed by atoms with Gasteiger partial charge in [-0.2, -0.15) is 0 Å². The Morgan fingerprint density at radius 1 is 0.967 bits per heavy atom. The maximum atomic E-state index is 12.6. The van der Waals surface area contributed by atoms with Gasteiger partial charge in [0.2, 0.25) is 0 Å². The topological polar surface area (TPSA) is 111 Å². The van der Waals surface area contributed by atoms with Crippen LogP contribution in [0, 0.1) is 0 Å². The number of hydrogen-bond acceptors (Lipinski definition) is 6. The fraction of sp³-hybridized carbons (Fsp3) is 0.333. The Bertz CT molecular complexity index is 958. The van der Waals surface area contributed by atoms with Crippen LogP contribution in [0.15, 0.2) is 53.4 Å². The zero-order valence-corrected chi connectivity index (χ0v) is 17.8. The van der Waals surface area contributed by atoms with E-state index in [-0.39, 0.29) is 22.3 Å². The molecule has 2 rings (SSSR count). The number of anilines is 1. The van der Waals surface area contributed by atoms with Crippen LogP contribution in [0.25, 0.3) is 0 Å². The highest BCUT2D eigenvalue weighted by molar-refractivity contribution is 7.92. The average molecular weight is 435 g/mol. The van der Waals surface area contributed by atoms with Crippen molar-refractivity contribution in [3.63, 3.8) is 0 Å². The summed E-state index contributed by atoms with van der Waals surface area (Å²) in [5.74, 6) is 0.00619. The Hall–Kier alpha value is -3.07. The summed E-state index contributed by atoms with van der Waals surface area (Å²) in [6.07, 6.45) is 2.52. The minimum absolute atomic E-state index is 0.0101. The molecule has 0 radical (unpaired) electrons. The number of benzene rings is 2. The van der Waals surface area contributed by atoms with Gasteiger partial charge in [0, 0.05) is 24.2 Å². The van der Waals surface area contributed by atoms with Crippen molar-refractivity contribution in [2.75, 3.05) is 25.5 Å². The van der Waals surface area contributed by atoms with Crippen LogP contribution in [0.3, 0.4) is 0 Å². The van der Waals surface area contributed by atoms with Crippen molar-refractivity contribution in [1.29, 1.82) is 0 Å². The summed E-state index contributed by atoms with van der Waals surface area (Å²) >= 11 is 0. The van der Waals surface area contributed by atoms with Gasteiger partial charge in [-0.05, 0) is 55.3 Å². The summed E-state index contributed by atoms with van der Waals surface area (Å²) in [5, 5.41) is 2.76. The zero-order chi connectivity index (χ0) is 22.0. The maximum Gasteiger partial charge on any atom is 0.305 e. The first kappa shape index (κ1) is 23.2. The number of ether oxygens (including phenoxy) is 2. The fourth-order valence-electron chi connectivity index (χ4n) is 2.65. The maximum absolute atomic E-state index is 12.6.